The van der Waals surface area contributed by atoms with E-state index >= 15 is 0 Å². The topological polar surface area (TPSA) is 58.6 Å². The smallest absolute Gasteiger partial charge is 0.243 e. The van der Waals surface area contributed by atoms with Crippen molar-refractivity contribution in [3.05, 3.63) is 22.7 Å². The molecule has 112 valence electrons. The molecule has 0 spiro atoms. The standard InChI is InChI=1S/C13H19BrN2O3S/c1-3-19-13-5-4-11(8-12(13)14)20(17,18)16-7-6-15-10(2)9-16/h4-5,8,10,15H,3,6-7,9H2,1-2H3. The average molecular weight is 363 g/mol. The van der Waals surface area contributed by atoms with E-state index in [2.05, 4.69) is 21.2 Å². The second kappa shape index (κ2) is 6.43. The summed E-state index contributed by atoms with van der Waals surface area (Å²) in [4.78, 5) is 0.293. The predicted molar refractivity (Wildman–Crippen MR) is 81.5 cm³/mol. The van der Waals surface area contributed by atoms with Crippen molar-refractivity contribution in [3.8, 4) is 5.75 Å². The van der Waals surface area contributed by atoms with Gasteiger partial charge in [0.2, 0.25) is 10.0 Å². The molecule has 0 aliphatic carbocycles. The summed E-state index contributed by atoms with van der Waals surface area (Å²) in [6.45, 7) is 6.08. The number of nitrogens with one attached hydrogen (secondary N) is 1. The molecule has 1 unspecified atom stereocenters. The second-order valence-electron chi connectivity index (χ2n) is 4.74. The zero-order valence-electron chi connectivity index (χ0n) is 11.6. The quantitative estimate of drug-likeness (QED) is 0.887. The lowest BCUT2D eigenvalue weighted by molar-refractivity contribution is 0.310. The molecule has 1 fully saturated rings. The summed E-state index contributed by atoms with van der Waals surface area (Å²) in [5, 5.41) is 3.24. The van der Waals surface area contributed by atoms with Gasteiger partial charge in [0.15, 0.2) is 0 Å². The number of rotatable bonds is 4. The van der Waals surface area contributed by atoms with Gasteiger partial charge in [-0.2, -0.15) is 4.31 Å². The highest BCUT2D eigenvalue weighted by Crippen LogP contribution is 2.29. The summed E-state index contributed by atoms with van der Waals surface area (Å²) < 4.78 is 32.8. The van der Waals surface area contributed by atoms with E-state index in [0.29, 0.717) is 41.4 Å². The molecule has 1 aromatic rings. The molecule has 1 atom stereocenters. The molecule has 0 radical (unpaired) electrons. The van der Waals surface area contributed by atoms with Gasteiger partial charge in [-0.25, -0.2) is 8.42 Å². The molecule has 0 saturated carbocycles. The van der Waals surface area contributed by atoms with Gasteiger partial charge in [0.25, 0.3) is 0 Å². The largest absolute Gasteiger partial charge is 0.493 e. The van der Waals surface area contributed by atoms with Crippen LogP contribution in [0.3, 0.4) is 0 Å². The third-order valence-corrected chi connectivity index (χ3v) is 5.65. The van der Waals surface area contributed by atoms with Crippen molar-refractivity contribution < 1.29 is 13.2 Å². The normalized spacial score (nSPS) is 20.9. The van der Waals surface area contributed by atoms with Gasteiger partial charge in [-0.1, -0.05) is 0 Å². The van der Waals surface area contributed by atoms with Crippen molar-refractivity contribution in [1.82, 2.24) is 9.62 Å². The van der Waals surface area contributed by atoms with Crippen LogP contribution in [-0.2, 0) is 10.0 Å². The minimum absolute atomic E-state index is 0.171. The summed E-state index contributed by atoms with van der Waals surface area (Å²) in [7, 11) is -3.44. The number of benzene rings is 1. The van der Waals surface area contributed by atoms with Crippen molar-refractivity contribution in [2.75, 3.05) is 26.2 Å². The van der Waals surface area contributed by atoms with Crippen LogP contribution in [0.5, 0.6) is 5.75 Å². The molecule has 1 aliphatic rings. The van der Waals surface area contributed by atoms with Crippen LogP contribution in [0.25, 0.3) is 0 Å². The van der Waals surface area contributed by atoms with E-state index in [1.807, 2.05) is 13.8 Å². The van der Waals surface area contributed by atoms with Gasteiger partial charge in [-0.15, -0.1) is 0 Å². The third-order valence-electron chi connectivity index (χ3n) is 3.17. The Balaban J connectivity index is 2.27. The first kappa shape index (κ1) is 15.8. The molecule has 7 heteroatoms. The lowest BCUT2D eigenvalue weighted by atomic mass is 10.3. The maximum Gasteiger partial charge on any atom is 0.243 e. The number of hydrogen-bond acceptors (Lipinski definition) is 4. The van der Waals surface area contributed by atoms with Gasteiger partial charge < -0.3 is 10.1 Å². The number of piperazine rings is 1. The minimum Gasteiger partial charge on any atom is -0.493 e. The van der Waals surface area contributed by atoms with E-state index < -0.39 is 10.0 Å². The SMILES string of the molecule is CCOc1ccc(S(=O)(=O)N2CCNC(C)C2)cc1Br. The van der Waals surface area contributed by atoms with Gasteiger partial charge in [0, 0.05) is 25.7 Å². The average Bonchev–Trinajstić information content (AvgIpc) is 2.41. The Morgan fingerprint density at radius 2 is 2.25 bits per heavy atom. The number of hydrogen-bond donors (Lipinski definition) is 1. The van der Waals surface area contributed by atoms with Crippen molar-refractivity contribution in [2.24, 2.45) is 0 Å². The summed E-state index contributed by atoms with van der Waals surface area (Å²) >= 11 is 3.36. The molecule has 20 heavy (non-hydrogen) atoms. The molecule has 1 heterocycles. The fourth-order valence-corrected chi connectivity index (χ4v) is 4.38. The van der Waals surface area contributed by atoms with Gasteiger partial charge in [0.05, 0.1) is 16.0 Å². The first-order valence-electron chi connectivity index (χ1n) is 6.61. The van der Waals surface area contributed by atoms with Crippen molar-refractivity contribution in [1.29, 1.82) is 0 Å². The molecule has 0 aromatic heterocycles. The first-order chi connectivity index (χ1) is 9.45. The molecule has 0 bridgehead atoms. The van der Waals surface area contributed by atoms with Gasteiger partial charge in [-0.05, 0) is 48.0 Å². The number of halogens is 1. The predicted octanol–water partition coefficient (Wildman–Crippen LogP) is 1.83. The third kappa shape index (κ3) is 3.33. The molecule has 1 aliphatic heterocycles. The Hall–Kier alpha value is -0.630. The number of sulfonamides is 1. The van der Waals surface area contributed by atoms with Crippen LogP contribution in [0.4, 0.5) is 0 Å². The van der Waals surface area contributed by atoms with Crippen LogP contribution in [0.2, 0.25) is 0 Å². The molecule has 0 amide bonds. The Kier molecular flexibility index (Phi) is 5.06. The number of ether oxygens (including phenoxy) is 1. The highest BCUT2D eigenvalue weighted by atomic mass is 79.9. The van der Waals surface area contributed by atoms with Crippen LogP contribution in [-0.4, -0.2) is 45.0 Å². The summed E-state index contributed by atoms with van der Waals surface area (Å²) in [5.41, 5.74) is 0. The van der Waals surface area contributed by atoms with Gasteiger partial charge >= 0.3 is 0 Å². The molecule has 1 saturated heterocycles. The summed E-state index contributed by atoms with van der Waals surface area (Å²) in [6, 6.07) is 5.06. The monoisotopic (exact) mass is 362 g/mol. The molecule has 1 aromatic carbocycles. The van der Waals surface area contributed by atoms with E-state index in [4.69, 9.17) is 4.74 Å². The Labute approximate surface area is 128 Å². The maximum atomic E-state index is 12.6. The lowest BCUT2D eigenvalue weighted by Crippen LogP contribution is -2.51. The van der Waals surface area contributed by atoms with Gasteiger partial charge in [-0.3, -0.25) is 0 Å². The van der Waals surface area contributed by atoms with E-state index in [9.17, 15) is 8.42 Å². The Morgan fingerprint density at radius 3 is 2.85 bits per heavy atom. The van der Waals surface area contributed by atoms with E-state index in [-0.39, 0.29) is 6.04 Å². The maximum absolute atomic E-state index is 12.6. The first-order valence-corrected chi connectivity index (χ1v) is 8.84. The number of nitrogens with zero attached hydrogens (tertiary/aromatic N) is 1. The van der Waals surface area contributed by atoms with E-state index in [0.717, 1.165) is 0 Å². The van der Waals surface area contributed by atoms with Crippen molar-refractivity contribution in [2.45, 2.75) is 24.8 Å². The Morgan fingerprint density at radius 1 is 1.50 bits per heavy atom. The fourth-order valence-electron chi connectivity index (χ4n) is 2.18. The highest BCUT2D eigenvalue weighted by Gasteiger charge is 2.28. The summed E-state index contributed by atoms with van der Waals surface area (Å²) in [5.74, 6) is 0.653. The fraction of sp³-hybridized carbons (Fsp3) is 0.538. The molecular weight excluding hydrogens is 344 g/mol. The van der Waals surface area contributed by atoms with E-state index in [1.165, 1.54) is 4.31 Å². The zero-order chi connectivity index (χ0) is 14.8. The highest BCUT2D eigenvalue weighted by molar-refractivity contribution is 9.10. The van der Waals surface area contributed by atoms with Crippen LogP contribution in [0.15, 0.2) is 27.6 Å². The van der Waals surface area contributed by atoms with Gasteiger partial charge in [0.1, 0.15) is 5.75 Å². The molecule has 1 N–H and O–H groups in total. The lowest BCUT2D eigenvalue weighted by Gasteiger charge is -2.31. The van der Waals surface area contributed by atoms with Crippen LogP contribution in [0.1, 0.15) is 13.8 Å². The van der Waals surface area contributed by atoms with Crippen LogP contribution in [0, 0.1) is 0 Å². The van der Waals surface area contributed by atoms with Crippen molar-refractivity contribution in [3.63, 3.8) is 0 Å². The minimum atomic E-state index is -3.44. The molecular formula is C13H19BrN2O3S. The molecule has 2 rings (SSSR count). The Bertz CT molecular complexity index is 577. The van der Waals surface area contributed by atoms with Crippen LogP contribution >= 0.6 is 15.9 Å². The summed E-state index contributed by atoms with van der Waals surface area (Å²) in [6.07, 6.45) is 0. The van der Waals surface area contributed by atoms with Crippen molar-refractivity contribution >= 4 is 26.0 Å². The second-order valence-corrected chi connectivity index (χ2v) is 7.54. The van der Waals surface area contributed by atoms with Crippen LogP contribution < -0.4 is 10.1 Å². The zero-order valence-corrected chi connectivity index (χ0v) is 14.0. The molecule has 5 nitrogen and oxygen atoms in total. The van der Waals surface area contributed by atoms with E-state index in [1.54, 1.807) is 18.2 Å².